The van der Waals surface area contributed by atoms with Crippen LogP contribution in [-0.2, 0) is 9.63 Å². The molecule has 1 atom stereocenters. The lowest BCUT2D eigenvalue weighted by Crippen LogP contribution is -2.29. The number of hydrogen-bond acceptors (Lipinski definition) is 3. The second-order valence-electron chi connectivity index (χ2n) is 4.04. The molecule has 2 N–H and O–H groups in total. The predicted octanol–water partition coefficient (Wildman–Crippen LogP) is 2.17. The minimum absolute atomic E-state index is 0.393. The topological polar surface area (TPSA) is 75.6 Å². The van der Waals surface area contributed by atoms with Crippen molar-refractivity contribution in [2.45, 2.75) is 6.10 Å². The molecule has 0 aromatic heterocycles. The highest BCUT2D eigenvalue weighted by Crippen LogP contribution is 2.16. The van der Waals surface area contributed by atoms with Crippen molar-refractivity contribution in [2.75, 3.05) is 0 Å². The highest BCUT2D eigenvalue weighted by Gasteiger charge is 2.22. The van der Waals surface area contributed by atoms with E-state index in [1.54, 1.807) is 60.7 Å². The molecule has 2 aromatic rings. The highest BCUT2D eigenvalue weighted by atomic mass is 16.7. The molecule has 0 saturated heterocycles. The predicted molar refractivity (Wildman–Crippen MR) is 71.8 cm³/mol. The van der Waals surface area contributed by atoms with E-state index in [0.29, 0.717) is 11.1 Å². The van der Waals surface area contributed by atoms with Gasteiger partial charge in [0.25, 0.3) is 5.91 Å². The van der Waals surface area contributed by atoms with Crippen LogP contribution in [0.1, 0.15) is 22.0 Å². The molecule has 1 amide bonds. The molecule has 0 bridgehead atoms. The van der Waals surface area contributed by atoms with Gasteiger partial charge in [-0.1, -0.05) is 48.5 Å². The van der Waals surface area contributed by atoms with Gasteiger partial charge in [0, 0.05) is 5.56 Å². The van der Waals surface area contributed by atoms with E-state index in [-0.39, 0.29) is 0 Å². The summed E-state index contributed by atoms with van der Waals surface area (Å²) in [5.41, 5.74) is 3.00. The summed E-state index contributed by atoms with van der Waals surface area (Å²) >= 11 is 0. The van der Waals surface area contributed by atoms with Crippen LogP contribution in [0.3, 0.4) is 0 Å². The first-order chi connectivity index (χ1) is 9.68. The van der Waals surface area contributed by atoms with Gasteiger partial charge in [0.05, 0.1) is 0 Å². The smallest absolute Gasteiger partial charge is 0.340 e. The first-order valence-corrected chi connectivity index (χ1v) is 5.97. The van der Waals surface area contributed by atoms with Gasteiger partial charge in [0.1, 0.15) is 0 Å². The number of carbonyl (C=O) groups is 2. The van der Waals surface area contributed by atoms with Gasteiger partial charge in [-0.3, -0.25) is 9.63 Å². The second kappa shape index (κ2) is 6.49. The van der Waals surface area contributed by atoms with Crippen molar-refractivity contribution in [1.29, 1.82) is 0 Å². The summed E-state index contributed by atoms with van der Waals surface area (Å²) in [4.78, 5) is 28.0. The van der Waals surface area contributed by atoms with Crippen LogP contribution < -0.4 is 5.48 Å². The number of carboxylic acids is 1. The first-order valence-electron chi connectivity index (χ1n) is 5.97. The van der Waals surface area contributed by atoms with E-state index in [9.17, 15) is 9.59 Å². The molecule has 2 aromatic carbocycles. The lowest BCUT2D eigenvalue weighted by Gasteiger charge is -2.14. The second-order valence-corrected chi connectivity index (χ2v) is 4.04. The Morgan fingerprint density at radius 1 is 0.950 bits per heavy atom. The van der Waals surface area contributed by atoms with E-state index in [1.807, 2.05) is 0 Å². The summed E-state index contributed by atoms with van der Waals surface area (Å²) in [7, 11) is 0. The van der Waals surface area contributed by atoms with Gasteiger partial charge in [0.15, 0.2) is 0 Å². The minimum atomic E-state index is -1.25. The third kappa shape index (κ3) is 3.43. The summed E-state index contributed by atoms with van der Waals surface area (Å²) in [6.07, 6.45) is -1.25. The van der Waals surface area contributed by atoms with E-state index in [2.05, 4.69) is 5.48 Å². The van der Waals surface area contributed by atoms with E-state index >= 15 is 0 Å². The van der Waals surface area contributed by atoms with Crippen molar-refractivity contribution >= 4 is 11.9 Å². The molecule has 5 heteroatoms. The van der Waals surface area contributed by atoms with Gasteiger partial charge in [-0.2, -0.15) is 0 Å². The fraction of sp³-hybridized carbons (Fsp3) is 0.0667. The van der Waals surface area contributed by atoms with Crippen LogP contribution in [0.15, 0.2) is 60.7 Å². The van der Waals surface area contributed by atoms with E-state index < -0.39 is 18.0 Å². The number of nitrogens with one attached hydrogen (secondary N) is 1. The molecule has 0 aliphatic rings. The molecule has 0 unspecified atom stereocenters. The zero-order valence-corrected chi connectivity index (χ0v) is 10.5. The molecule has 20 heavy (non-hydrogen) atoms. The number of benzene rings is 2. The van der Waals surface area contributed by atoms with Gasteiger partial charge in [-0.05, 0) is 17.7 Å². The van der Waals surface area contributed by atoms with Gasteiger partial charge in [-0.25, -0.2) is 10.3 Å². The molecular formula is C15H13NO4. The largest absolute Gasteiger partial charge is 0.479 e. The monoisotopic (exact) mass is 271 g/mol. The Balaban J connectivity index is 2.04. The van der Waals surface area contributed by atoms with Crippen LogP contribution in [0, 0.1) is 0 Å². The maximum Gasteiger partial charge on any atom is 0.340 e. The Kier molecular flexibility index (Phi) is 4.47. The molecule has 102 valence electrons. The van der Waals surface area contributed by atoms with Crippen LogP contribution in [-0.4, -0.2) is 17.0 Å². The number of hydroxylamine groups is 1. The molecule has 0 aliphatic carbocycles. The van der Waals surface area contributed by atoms with Gasteiger partial charge < -0.3 is 5.11 Å². The fourth-order valence-corrected chi connectivity index (χ4v) is 1.65. The number of aliphatic carboxylic acids is 1. The third-order valence-corrected chi connectivity index (χ3v) is 2.63. The van der Waals surface area contributed by atoms with Gasteiger partial charge in [0.2, 0.25) is 6.10 Å². The van der Waals surface area contributed by atoms with Crippen molar-refractivity contribution in [3.05, 3.63) is 71.8 Å². The highest BCUT2D eigenvalue weighted by molar-refractivity contribution is 5.93. The lowest BCUT2D eigenvalue weighted by molar-refractivity contribution is -0.154. The standard InChI is InChI=1S/C15H13NO4/c17-14(12-9-5-2-6-10-12)16-20-13(15(18)19)11-7-3-1-4-8-11/h1-10,13H,(H,16,17)(H,18,19)/t13-/m0/s1. The Morgan fingerprint density at radius 2 is 1.50 bits per heavy atom. The van der Waals surface area contributed by atoms with E-state index in [1.165, 1.54) is 0 Å². The Hall–Kier alpha value is -2.66. The zero-order valence-electron chi connectivity index (χ0n) is 10.5. The SMILES string of the molecule is O=C(NO[C@H](C(=O)O)c1ccccc1)c1ccccc1. The Bertz CT molecular complexity index is 583. The van der Waals surface area contributed by atoms with Crippen LogP contribution in [0.25, 0.3) is 0 Å². The lowest BCUT2D eigenvalue weighted by atomic mass is 10.1. The molecule has 0 fully saturated rings. The maximum atomic E-state index is 11.8. The van der Waals surface area contributed by atoms with Crippen LogP contribution in [0.2, 0.25) is 0 Å². The zero-order chi connectivity index (χ0) is 14.4. The molecule has 0 saturated carbocycles. The summed E-state index contributed by atoms with van der Waals surface area (Å²) in [6.45, 7) is 0. The summed E-state index contributed by atoms with van der Waals surface area (Å²) in [5, 5.41) is 9.13. The molecular weight excluding hydrogens is 258 g/mol. The number of hydrogen-bond donors (Lipinski definition) is 2. The average Bonchev–Trinajstić information content (AvgIpc) is 2.49. The fourth-order valence-electron chi connectivity index (χ4n) is 1.65. The number of amides is 1. The number of carbonyl (C=O) groups excluding carboxylic acids is 1. The minimum Gasteiger partial charge on any atom is -0.479 e. The first kappa shape index (κ1) is 13.8. The van der Waals surface area contributed by atoms with Crippen LogP contribution >= 0.6 is 0 Å². The maximum absolute atomic E-state index is 11.8. The molecule has 2 rings (SSSR count). The summed E-state index contributed by atoms with van der Waals surface area (Å²) in [5.74, 6) is -1.67. The molecule has 5 nitrogen and oxygen atoms in total. The molecule has 0 heterocycles. The third-order valence-electron chi connectivity index (χ3n) is 2.63. The molecule has 0 aliphatic heterocycles. The number of carboxylic acid groups (broad SMARTS) is 1. The van der Waals surface area contributed by atoms with E-state index in [4.69, 9.17) is 9.94 Å². The molecule has 0 radical (unpaired) electrons. The summed E-state index contributed by atoms with van der Waals surface area (Å²) in [6, 6.07) is 16.8. The molecule has 0 spiro atoms. The van der Waals surface area contributed by atoms with Gasteiger partial charge in [-0.15, -0.1) is 0 Å². The average molecular weight is 271 g/mol. The van der Waals surface area contributed by atoms with Crippen molar-refractivity contribution < 1.29 is 19.5 Å². The Labute approximate surface area is 115 Å². The van der Waals surface area contributed by atoms with Crippen molar-refractivity contribution in [3.8, 4) is 0 Å². The number of rotatable bonds is 5. The van der Waals surface area contributed by atoms with Crippen LogP contribution in [0.4, 0.5) is 0 Å². The quantitative estimate of drug-likeness (QED) is 0.817. The Morgan fingerprint density at radius 3 is 2.05 bits per heavy atom. The van der Waals surface area contributed by atoms with Crippen molar-refractivity contribution in [2.24, 2.45) is 0 Å². The van der Waals surface area contributed by atoms with Crippen molar-refractivity contribution in [1.82, 2.24) is 5.48 Å². The van der Waals surface area contributed by atoms with Gasteiger partial charge >= 0.3 is 5.97 Å². The summed E-state index contributed by atoms with van der Waals surface area (Å²) < 4.78 is 0. The van der Waals surface area contributed by atoms with Crippen LogP contribution in [0.5, 0.6) is 0 Å². The van der Waals surface area contributed by atoms with Crippen molar-refractivity contribution in [3.63, 3.8) is 0 Å². The normalized spacial score (nSPS) is 11.6. The van der Waals surface area contributed by atoms with E-state index in [0.717, 1.165) is 0 Å².